The fraction of sp³-hybridized carbons (Fsp3) is 0.263. The van der Waals surface area contributed by atoms with Crippen LogP contribution in [-0.2, 0) is 9.59 Å². The van der Waals surface area contributed by atoms with Gasteiger partial charge in [-0.05, 0) is 36.4 Å². The quantitative estimate of drug-likeness (QED) is 0.933. The Morgan fingerprint density at radius 1 is 1.12 bits per heavy atom. The van der Waals surface area contributed by atoms with E-state index in [1.165, 1.54) is 6.92 Å². The zero-order chi connectivity index (χ0) is 18.0. The van der Waals surface area contributed by atoms with Gasteiger partial charge in [-0.2, -0.15) is 0 Å². The molecule has 6 nitrogen and oxygen atoms in total. The SMILES string of the molecule is CC(=O)N1C[C@@H](C(=O)Nc2ccc(N(C)C)cc2)Oc2ccccc21. The monoisotopic (exact) mass is 339 g/mol. The number of carbonyl (C=O) groups excluding carboxylic acids is 2. The summed E-state index contributed by atoms with van der Waals surface area (Å²) in [5.74, 6) is 0.134. The van der Waals surface area contributed by atoms with Gasteiger partial charge in [0, 0.05) is 32.4 Å². The van der Waals surface area contributed by atoms with Crippen LogP contribution in [0.4, 0.5) is 17.1 Å². The first kappa shape index (κ1) is 16.8. The second-order valence-corrected chi connectivity index (χ2v) is 6.13. The smallest absolute Gasteiger partial charge is 0.267 e. The number of carbonyl (C=O) groups is 2. The molecule has 6 heteroatoms. The van der Waals surface area contributed by atoms with Crippen molar-refractivity contribution in [2.24, 2.45) is 0 Å². The summed E-state index contributed by atoms with van der Waals surface area (Å²) in [6.07, 6.45) is -0.757. The lowest BCUT2D eigenvalue weighted by atomic mass is 10.1. The van der Waals surface area contributed by atoms with Crippen molar-refractivity contribution in [1.29, 1.82) is 0 Å². The van der Waals surface area contributed by atoms with Crippen molar-refractivity contribution >= 4 is 28.9 Å². The predicted octanol–water partition coefficient (Wildman–Crippen LogP) is 2.51. The third kappa shape index (κ3) is 3.57. The molecule has 0 aromatic heterocycles. The molecule has 25 heavy (non-hydrogen) atoms. The standard InChI is InChI=1S/C19H21N3O3/c1-13(23)22-12-18(25-17-7-5-4-6-16(17)22)19(24)20-14-8-10-15(11-9-14)21(2)3/h4-11,18H,12H2,1-3H3,(H,20,24)/t18-/m0/s1. The highest BCUT2D eigenvalue weighted by Crippen LogP contribution is 2.33. The second-order valence-electron chi connectivity index (χ2n) is 6.13. The van der Waals surface area contributed by atoms with E-state index in [9.17, 15) is 9.59 Å². The van der Waals surface area contributed by atoms with Crippen molar-refractivity contribution in [1.82, 2.24) is 0 Å². The van der Waals surface area contributed by atoms with Gasteiger partial charge in [0.05, 0.1) is 12.2 Å². The van der Waals surface area contributed by atoms with E-state index < -0.39 is 6.10 Å². The normalized spacial score (nSPS) is 15.8. The van der Waals surface area contributed by atoms with Gasteiger partial charge in [0.15, 0.2) is 6.10 Å². The van der Waals surface area contributed by atoms with E-state index in [0.717, 1.165) is 5.69 Å². The molecule has 0 bridgehead atoms. The number of nitrogens with zero attached hydrogens (tertiary/aromatic N) is 2. The summed E-state index contributed by atoms with van der Waals surface area (Å²) in [6.45, 7) is 1.67. The van der Waals surface area contributed by atoms with Crippen LogP contribution in [0.1, 0.15) is 6.92 Å². The van der Waals surface area contributed by atoms with E-state index in [0.29, 0.717) is 17.1 Å². The molecule has 130 valence electrons. The topological polar surface area (TPSA) is 61.9 Å². The van der Waals surface area contributed by atoms with Crippen LogP contribution in [0, 0.1) is 0 Å². The van der Waals surface area contributed by atoms with Gasteiger partial charge in [0.2, 0.25) is 5.91 Å². The number of ether oxygens (including phenoxy) is 1. The lowest BCUT2D eigenvalue weighted by Gasteiger charge is -2.33. The Morgan fingerprint density at radius 3 is 2.44 bits per heavy atom. The van der Waals surface area contributed by atoms with Crippen molar-refractivity contribution < 1.29 is 14.3 Å². The Bertz CT molecular complexity index is 787. The highest BCUT2D eigenvalue weighted by Gasteiger charge is 2.32. The van der Waals surface area contributed by atoms with Gasteiger partial charge in [0.1, 0.15) is 5.75 Å². The molecule has 1 aliphatic heterocycles. The lowest BCUT2D eigenvalue weighted by molar-refractivity contribution is -0.123. The molecule has 1 atom stereocenters. The molecule has 0 aliphatic carbocycles. The van der Waals surface area contributed by atoms with E-state index in [1.54, 1.807) is 11.0 Å². The minimum absolute atomic E-state index is 0.121. The summed E-state index contributed by atoms with van der Waals surface area (Å²) in [4.78, 5) is 28.1. The van der Waals surface area contributed by atoms with Gasteiger partial charge < -0.3 is 19.9 Å². The maximum atomic E-state index is 12.6. The van der Waals surface area contributed by atoms with E-state index in [4.69, 9.17) is 4.74 Å². The summed E-state index contributed by atoms with van der Waals surface area (Å²) >= 11 is 0. The first-order valence-corrected chi connectivity index (χ1v) is 8.08. The van der Waals surface area contributed by atoms with Crippen molar-refractivity contribution in [3.05, 3.63) is 48.5 Å². The van der Waals surface area contributed by atoms with Crippen LogP contribution in [-0.4, -0.2) is 38.6 Å². The zero-order valence-electron chi connectivity index (χ0n) is 14.5. The minimum atomic E-state index is -0.757. The molecule has 1 heterocycles. The Kier molecular flexibility index (Phi) is 4.61. The lowest BCUT2D eigenvalue weighted by Crippen LogP contribution is -2.48. The van der Waals surface area contributed by atoms with Crippen LogP contribution in [0.15, 0.2) is 48.5 Å². The molecule has 1 N–H and O–H groups in total. The van der Waals surface area contributed by atoms with Gasteiger partial charge in [0.25, 0.3) is 5.91 Å². The van der Waals surface area contributed by atoms with E-state index in [-0.39, 0.29) is 18.4 Å². The third-order valence-corrected chi connectivity index (χ3v) is 4.10. The Hall–Kier alpha value is -3.02. The molecule has 3 rings (SSSR count). The minimum Gasteiger partial charge on any atom is -0.476 e. The van der Waals surface area contributed by atoms with Gasteiger partial charge in [-0.15, -0.1) is 0 Å². The van der Waals surface area contributed by atoms with Gasteiger partial charge in [-0.25, -0.2) is 0 Å². The van der Waals surface area contributed by atoms with Gasteiger partial charge in [-0.3, -0.25) is 9.59 Å². The zero-order valence-corrected chi connectivity index (χ0v) is 14.5. The number of hydrogen-bond acceptors (Lipinski definition) is 4. The molecule has 1 aliphatic rings. The third-order valence-electron chi connectivity index (χ3n) is 4.10. The predicted molar refractivity (Wildman–Crippen MR) is 98.3 cm³/mol. The number of hydrogen-bond donors (Lipinski definition) is 1. The number of fused-ring (bicyclic) bond motifs is 1. The molecule has 0 unspecified atom stereocenters. The highest BCUT2D eigenvalue weighted by atomic mass is 16.5. The molecule has 0 saturated carbocycles. The van der Waals surface area contributed by atoms with E-state index in [2.05, 4.69) is 5.32 Å². The van der Waals surface area contributed by atoms with Crippen molar-refractivity contribution in [2.75, 3.05) is 35.8 Å². The van der Waals surface area contributed by atoms with Crippen LogP contribution < -0.4 is 19.9 Å². The number of benzene rings is 2. The molecule has 2 aromatic rings. The Balaban J connectivity index is 1.75. The average Bonchev–Trinajstić information content (AvgIpc) is 2.61. The molecule has 0 saturated heterocycles. The molecule has 2 amide bonds. The van der Waals surface area contributed by atoms with Crippen molar-refractivity contribution in [2.45, 2.75) is 13.0 Å². The first-order valence-electron chi connectivity index (χ1n) is 8.08. The van der Waals surface area contributed by atoms with Gasteiger partial charge in [-0.1, -0.05) is 12.1 Å². The molecular formula is C19H21N3O3. The van der Waals surface area contributed by atoms with Gasteiger partial charge >= 0.3 is 0 Å². The maximum absolute atomic E-state index is 12.6. The number of para-hydroxylation sites is 2. The van der Waals surface area contributed by atoms with Crippen LogP contribution in [0.25, 0.3) is 0 Å². The van der Waals surface area contributed by atoms with Crippen LogP contribution in [0.2, 0.25) is 0 Å². The highest BCUT2D eigenvalue weighted by molar-refractivity contribution is 5.99. The summed E-state index contributed by atoms with van der Waals surface area (Å²) in [5.41, 5.74) is 2.42. The molecule has 0 fully saturated rings. The molecule has 0 spiro atoms. The average molecular weight is 339 g/mol. The molecular weight excluding hydrogens is 318 g/mol. The molecule has 0 radical (unpaired) electrons. The van der Waals surface area contributed by atoms with Crippen molar-refractivity contribution in [3.63, 3.8) is 0 Å². The number of amides is 2. The summed E-state index contributed by atoms with van der Waals surface area (Å²) in [7, 11) is 3.91. The fourth-order valence-corrected chi connectivity index (χ4v) is 2.73. The summed E-state index contributed by atoms with van der Waals surface area (Å²) < 4.78 is 5.79. The number of anilines is 3. The number of rotatable bonds is 3. The fourth-order valence-electron chi connectivity index (χ4n) is 2.73. The van der Waals surface area contributed by atoms with E-state index >= 15 is 0 Å². The Labute approximate surface area is 147 Å². The first-order chi connectivity index (χ1) is 12.0. The molecule has 2 aromatic carbocycles. The summed E-state index contributed by atoms with van der Waals surface area (Å²) in [5, 5.41) is 2.85. The van der Waals surface area contributed by atoms with Crippen LogP contribution in [0.5, 0.6) is 5.75 Å². The second kappa shape index (κ2) is 6.84. The van der Waals surface area contributed by atoms with Crippen LogP contribution >= 0.6 is 0 Å². The largest absolute Gasteiger partial charge is 0.476 e. The number of nitrogens with one attached hydrogen (secondary N) is 1. The van der Waals surface area contributed by atoms with E-state index in [1.807, 2.05) is 61.5 Å². The van der Waals surface area contributed by atoms with Crippen molar-refractivity contribution in [3.8, 4) is 5.75 Å². The van der Waals surface area contributed by atoms with Crippen LogP contribution in [0.3, 0.4) is 0 Å². The summed E-state index contributed by atoms with van der Waals surface area (Å²) in [6, 6.07) is 14.8. The maximum Gasteiger partial charge on any atom is 0.267 e. The Morgan fingerprint density at radius 2 is 1.80 bits per heavy atom.